The molecule has 2 amide bonds. The zero-order valence-electron chi connectivity index (χ0n) is 16.9. The lowest BCUT2D eigenvalue weighted by Crippen LogP contribution is -2.53. The summed E-state index contributed by atoms with van der Waals surface area (Å²) in [6.45, 7) is 10.5. The quantitative estimate of drug-likeness (QED) is 0.691. The van der Waals surface area contributed by atoms with Crippen LogP contribution in [0.1, 0.15) is 33.4 Å². The summed E-state index contributed by atoms with van der Waals surface area (Å²) in [6.07, 6.45) is -0.330. The Bertz CT molecular complexity index is 809. The van der Waals surface area contributed by atoms with E-state index in [2.05, 4.69) is 4.98 Å². The highest BCUT2D eigenvalue weighted by Gasteiger charge is 2.33. The van der Waals surface area contributed by atoms with Crippen molar-refractivity contribution in [1.82, 2.24) is 19.4 Å². The highest BCUT2D eigenvalue weighted by atomic mass is 32.2. The smallest absolute Gasteiger partial charge is 0.409 e. The Morgan fingerprint density at radius 3 is 2.46 bits per heavy atom. The summed E-state index contributed by atoms with van der Waals surface area (Å²) < 4.78 is 6.63. The maximum atomic E-state index is 12.9. The van der Waals surface area contributed by atoms with Crippen molar-refractivity contribution in [3.8, 4) is 0 Å². The molecule has 0 bridgehead atoms. The average molecular weight is 409 g/mol. The first-order valence-electron chi connectivity index (χ1n) is 9.66. The van der Waals surface area contributed by atoms with Gasteiger partial charge >= 0.3 is 6.09 Å². The van der Waals surface area contributed by atoms with E-state index in [1.807, 2.05) is 20.8 Å². The Kier molecular flexibility index (Phi) is 6.02. The van der Waals surface area contributed by atoms with Crippen LogP contribution in [0.15, 0.2) is 16.0 Å². The van der Waals surface area contributed by atoms with E-state index in [1.165, 1.54) is 11.8 Å². The van der Waals surface area contributed by atoms with Crippen LogP contribution in [0.4, 0.5) is 4.79 Å². The number of hydrogen-bond donors (Lipinski definition) is 0. The Hall–Kier alpha value is -2.03. The minimum atomic E-state index is -0.330. The number of carbonyl (C=O) groups excluding carboxylic acids is 2. The third-order valence-electron chi connectivity index (χ3n) is 5.02. The van der Waals surface area contributed by atoms with Gasteiger partial charge in [0.25, 0.3) is 5.56 Å². The molecule has 1 atom stereocenters. The van der Waals surface area contributed by atoms with Crippen molar-refractivity contribution in [3.05, 3.63) is 22.1 Å². The molecule has 0 spiro atoms. The Morgan fingerprint density at radius 1 is 1.21 bits per heavy atom. The van der Waals surface area contributed by atoms with E-state index in [0.29, 0.717) is 50.2 Å². The summed E-state index contributed by atoms with van der Waals surface area (Å²) in [5.41, 5.74) is 0.476. The van der Waals surface area contributed by atoms with Gasteiger partial charge in [-0.05, 0) is 6.92 Å². The van der Waals surface area contributed by atoms with Crippen molar-refractivity contribution >= 4 is 23.8 Å². The first kappa shape index (κ1) is 20.7. The number of amides is 2. The van der Waals surface area contributed by atoms with Gasteiger partial charge < -0.3 is 14.5 Å². The van der Waals surface area contributed by atoms with Crippen molar-refractivity contribution in [1.29, 1.82) is 0 Å². The highest BCUT2D eigenvalue weighted by molar-refractivity contribution is 7.99. The number of carbonyl (C=O) groups is 2. The maximum absolute atomic E-state index is 12.9. The minimum absolute atomic E-state index is 0.0356. The van der Waals surface area contributed by atoms with Crippen molar-refractivity contribution < 1.29 is 14.3 Å². The van der Waals surface area contributed by atoms with E-state index in [9.17, 15) is 14.4 Å². The summed E-state index contributed by atoms with van der Waals surface area (Å²) in [5.74, 6) is 0.386. The van der Waals surface area contributed by atoms with Crippen LogP contribution in [0.25, 0.3) is 0 Å². The number of aromatic nitrogens is 2. The van der Waals surface area contributed by atoms with Gasteiger partial charge in [-0.25, -0.2) is 9.78 Å². The van der Waals surface area contributed by atoms with Crippen LogP contribution in [0, 0.1) is 5.92 Å². The first-order valence-corrected chi connectivity index (χ1v) is 10.6. The minimum Gasteiger partial charge on any atom is -0.450 e. The van der Waals surface area contributed by atoms with Crippen LogP contribution < -0.4 is 5.56 Å². The molecule has 8 nitrogen and oxygen atoms in total. The molecule has 9 heteroatoms. The standard InChI is InChI=1S/C19H28N4O4S/c1-5-27-18(26)22-8-6-21(7-9-22)16(25)13-11-23-15(24)10-14(19(2,3)4)20-17(23)28-12-13/h10,13H,5-9,11-12H2,1-4H3. The zero-order chi connectivity index (χ0) is 20.5. The molecule has 154 valence electrons. The van der Waals surface area contributed by atoms with E-state index in [4.69, 9.17) is 4.74 Å². The second kappa shape index (κ2) is 8.14. The molecule has 0 aromatic carbocycles. The second-order valence-corrected chi connectivity index (χ2v) is 9.13. The number of fused-ring (bicyclic) bond motifs is 1. The first-order chi connectivity index (χ1) is 13.2. The van der Waals surface area contributed by atoms with E-state index in [0.717, 1.165) is 5.69 Å². The SMILES string of the molecule is CCOC(=O)N1CCN(C(=O)C2CSc3nc(C(C)(C)C)cc(=O)n3C2)CC1. The van der Waals surface area contributed by atoms with E-state index >= 15 is 0 Å². The molecule has 1 fully saturated rings. The molecule has 0 N–H and O–H groups in total. The number of nitrogens with zero attached hydrogens (tertiary/aromatic N) is 4. The highest BCUT2D eigenvalue weighted by Crippen LogP contribution is 2.29. The number of thioether (sulfide) groups is 1. The summed E-state index contributed by atoms with van der Waals surface area (Å²) >= 11 is 1.47. The van der Waals surface area contributed by atoms with Crippen molar-refractivity contribution in [3.63, 3.8) is 0 Å². The van der Waals surface area contributed by atoms with Crippen LogP contribution in [0.3, 0.4) is 0 Å². The molecule has 0 saturated carbocycles. The molecule has 1 aromatic rings. The molecule has 1 aromatic heterocycles. The molecule has 2 aliphatic rings. The number of piperazine rings is 1. The Balaban J connectivity index is 1.65. The number of rotatable bonds is 2. The summed E-state index contributed by atoms with van der Waals surface area (Å²) in [5, 5.41) is 0.689. The van der Waals surface area contributed by atoms with Gasteiger partial charge in [0.05, 0.1) is 18.2 Å². The second-order valence-electron chi connectivity index (χ2n) is 8.14. The molecule has 2 aliphatic heterocycles. The Morgan fingerprint density at radius 2 is 1.86 bits per heavy atom. The predicted molar refractivity (Wildman–Crippen MR) is 107 cm³/mol. The van der Waals surface area contributed by atoms with Crippen LogP contribution in [0.5, 0.6) is 0 Å². The third-order valence-corrected chi connectivity index (χ3v) is 6.16. The van der Waals surface area contributed by atoms with E-state index in [1.54, 1.807) is 27.4 Å². The summed E-state index contributed by atoms with van der Waals surface area (Å²) in [6, 6.07) is 1.58. The van der Waals surface area contributed by atoms with E-state index in [-0.39, 0.29) is 28.9 Å². The molecule has 0 radical (unpaired) electrons. The van der Waals surface area contributed by atoms with Crippen molar-refractivity contribution in [2.24, 2.45) is 5.92 Å². The Labute approximate surface area is 169 Å². The van der Waals surface area contributed by atoms with Crippen LogP contribution >= 0.6 is 11.8 Å². The summed E-state index contributed by atoms with van der Waals surface area (Å²) in [7, 11) is 0. The molecule has 0 aliphatic carbocycles. The molecular weight excluding hydrogens is 380 g/mol. The lowest BCUT2D eigenvalue weighted by molar-refractivity contribution is -0.137. The fourth-order valence-electron chi connectivity index (χ4n) is 3.33. The largest absolute Gasteiger partial charge is 0.450 e. The predicted octanol–water partition coefficient (Wildman–Crippen LogP) is 1.56. The van der Waals surface area contributed by atoms with Gasteiger partial charge in [-0.1, -0.05) is 32.5 Å². The molecule has 3 heterocycles. The van der Waals surface area contributed by atoms with Gasteiger partial charge in [0.15, 0.2) is 5.16 Å². The van der Waals surface area contributed by atoms with Gasteiger partial charge in [-0.2, -0.15) is 0 Å². The lowest BCUT2D eigenvalue weighted by Gasteiger charge is -2.36. The van der Waals surface area contributed by atoms with Gasteiger partial charge in [0.1, 0.15) is 0 Å². The fourth-order valence-corrected chi connectivity index (χ4v) is 4.41. The van der Waals surface area contributed by atoms with E-state index < -0.39 is 0 Å². The normalized spacial score (nSPS) is 19.9. The van der Waals surface area contributed by atoms with Gasteiger partial charge in [0.2, 0.25) is 5.91 Å². The third kappa shape index (κ3) is 4.34. The lowest BCUT2D eigenvalue weighted by atomic mass is 9.92. The van der Waals surface area contributed by atoms with Crippen LogP contribution in [-0.2, 0) is 21.5 Å². The van der Waals surface area contributed by atoms with Crippen molar-refractivity contribution in [2.45, 2.75) is 44.8 Å². The number of ether oxygens (including phenoxy) is 1. The van der Waals surface area contributed by atoms with Crippen molar-refractivity contribution in [2.75, 3.05) is 38.5 Å². The van der Waals surface area contributed by atoms with Crippen LogP contribution in [0.2, 0.25) is 0 Å². The maximum Gasteiger partial charge on any atom is 0.409 e. The number of hydrogen-bond acceptors (Lipinski definition) is 6. The average Bonchev–Trinajstić information content (AvgIpc) is 2.66. The molecule has 1 unspecified atom stereocenters. The molecule has 1 saturated heterocycles. The molecule has 3 rings (SSSR count). The zero-order valence-corrected chi connectivity index (χ0v) is 17.8. The van der Waals surface area contributed by atoms with Crippen LogP contribution in [-0.4, -0.2) is 69.9 Å². The van der Waals surface area contributed by atoms with Gasteiger partial charge in [-0.3, -0.25) is 14.2 Å². The monoisotopic (exact) mass is 408 g/mol. The topological polar surface area (TPSA) is 84.7 Å². The van der Waals surface area contributed by atoms with Gasteiger partial charge in [0, 0.05) is 50.0 Å². The molecular formula is C19H28N4O4S. The fraction of sp³-hybridized carbons (Fsp3) is 0.684. The van der Waals surface area contributed by atoms with Gasteiger partial charge in [-0.15, -0.1) is 0 Å². The summed E-state index contributed by atoms with van der Waals surface area (Å²) in [4.78, 5) is 45.4. The molecule has 28 heavy (non-hydrogen) atoms.